The Morgan fingerprint density at radius 3 is 2.50 bits per heavy atom. The number of aromatic nitrogens is 1. The predicted molar refractivity (Wildman–Crippen MR) is 65.4 cm³/mol. The van der Waals surface area contributed by atoms with E-state index < -0.39 is 0 Å². The molecular weight excluding hydrogens is 392 g/mol. The van der Waals surface area contributed by atoms with Gasteiger partial charge in [0.1, 0.15) is 0 Å². The Hall–Kier alpha value is -0.267. The minimum Gasteiger partial charge on any atom is -1.00 e. The average Bonchev–Trinajstić information content (AvgIpc) is 2.85. The summed E-state index contributed by atoms with van der Waals surface area (Å²) >= 11 is 0. The molecule has 20 heavy (non-hydrogen) atoms. The van der Waals surface area contributed by atoms with Crippen LogP contribution in [0.4, 0.5) is 0 Å². The van der Waals surface area contributed by atoms with Gasteiger partial charge in [0.15, 0.2) is 0 Å². The number of hydrogen-bond donors (Lipinski definition) is 1. The van der Waals surface area contributed by atoms with E-state index in [1.54, 1.807) is 0 Å². The first-order valence-electron chi connectivity index (χ1n) is 5.53. The van der Waals surface area contributed by atoms with Crippen LogP contribution in [0.5, 0.6) is 0 Å². The number of benzene rings is 2. The summed E-state index contributed by atoms with van der Waals surface area (Å²) in [5, 5.41) is 1.24. The van der Waals surface area contributed by atoms with Crippen LogP contribution in [0.25, 0.3) is 22.2 Å². The molecule has 5 heteroatoms. The summed E-state index contributed by atoms with van der Waals surface area (Å²) in [7, 11) is 0. The molecule has 0 unspecified atom stereocenters. The van der Waals surface area contributed by atoms with Crippen LogP contribution in [0, 0.1) is 6.07 Å². The number of rotatable bonds is 0. The van der Waals surface area contributed by atoms with Crippen molar-refractivity contribution in [2.45, 2.75) is 6.42 Å². The maximum atomic E-state index is 3.50. The number of halogens is 3. The van der Waals surface area contributed by atoms with Crippen LogP contribution in [-0.4, -0.2) is 4.98 Å². The molecule has 0 atom stereocenters. The van der Waals surface area contributed by atoms with E-state index in [1.807, 2.05) is 12.1 Å². The van der Waals surface area contributed by atoms with E-state index in [0.717, 1.165) is 6.42 Å². The summed E-state index contributed by atoms with van der Waals surface area (Å²) in [4.78, 5) is 3.50. The van der Waals surface area contributed by atoms with Crippen molar-refractivity contribution in [3.05, 3.63) is 59.7 Å². The number of fused-ring (bicyclic) bond motifs is 5. The van der Waals surface area contributed by atoms with E-state index in [9.17, 15) is 0 Å². The molecule has 0 fully saturated rings. The minimum absolute atomic E-state index is 0. The van der Waals surface area contributed by atoms with Gasteiger partial charge in [-0.1, -0.05) is 29.8 Å². The molecule has 1 heterocycles. The molecule has 1 aliphatic carbocycles. The Kier molecular flexibility index (Phi) is 7.56. The molecule has 0 saturated heterocycles. The molecule has 0 bridgehead atoms. The monoisotopic (exact) mass is 399 g/mol. The average molecular weight is 402 g/mol. The summed E-state index contributed by atoms with van der Waals surface area (Å²) in [6.45, 7) is 0. The predicted octanol–water partition coefficient (Wildman–Crippen LogP) is -5.45. The topological polar surface area (TPSA) is 15.8 Å². The van der Waals surface area contributed by atoms with Crippen molar-refractivity contribution in [3.63, 3.8) is 0 Å². The van der Waals surface area contributed by atoms with Crippen molar-refractivity contribution < 1.29 is 63.4 Å². The zero-order valence-corrected chi connectivity index (χ0v) is 15.1. The van der Waals surface area contributed by atoms with Gasteiger partial charge in [-0.3, -0.25) is 0 Å². The van der Waals surface area contributed by atoms with Gasteiger partial charge in [0.2, 0.25) is 0 Å². The fourth-order valence-corrected chi connectivity index (χ4v) is 2.64. The van der Waals surface area contributed by atoms with Gasteiger partial charge >= 0.3 is 26.2 Å². The van der Waals surface area contributed by atoms with Gasteiger partial charge in [-0.15, -0.1) is 29.7 Å². The van der Waals surface area contributed by atoms with Crippen molar-refractivity contribution in [2.24, 2.45) is 0 Å². The molecule has 0 radical (unpaired) electrons. The summed E-state index contributed by atoms with van der Waals surface area (Å²) in [5.74, 6) is 0. The zero-order valence-electron chi connectivity index (χ0n) is 10.4. The van der Waals surface area contributed by atoms with E-state index in [-0.39, 0.29) is 63.4 Å². The van der Waals surface area contributed by atoms with Gasteiger partial charge in [0.05, 0.1) is 0 Å². The van der Waals surface area contributed by atoms with E-state index in [0.29, 0.717) is 0 Å². The third-order valence-electron chi connectivity index (χ3n) is 3.37. The van der Waals surface area contributed by atoms with E-state index >= 15 is 0 Å². The number of hydrogen-bond acceptors (Lipinski definition) is 0. The molecule has 2 aromatic carbocycles. The molecule has 3 aromatic rings. The van der Waals surface area contributed by atoms with E-state index in [4.69, 9.17) is 0 Å². The van der Waals surface area contributed by atoms with Gasteiger partial charge in [-0.2, -0.15) is 0 Å². The van der Waals surface area contributed by atoms with Crippen molar-refractivity contribution in [1.29, 1.82) is 0 Å². The Balaban J connectivity index is 0.000000902. The van der Waals surface area contributed by atoms with Crippen LogP contribution in [0.1, 0.15) is 11.1 Å². The molecule has 0 aliphatic heterocycles. The normalized spacial score (nSPS) is 10.2. The molecule has 1 N–H and O–H groups in total. The first-order valence-corrected chi connectivity index (χ1v) is 5.53. The molecule has 1 aromatic heterocycles. The zero-order chi connectivity index (χ0) is 10.5. The van der Waals surface area contributed by atoms with Crippen LogP contribution >= 0.6 is 0 Å². The number of nitrogens with one attached hydrogen (secondary N) is 1. The van der Waals surface area contributed by atoms with E-state index in [2.05, 4.69) is 41.4 Å². The van der Waals surface area contributed by atoms with Crippen molar-refractivity contribution in [2.75, 3.05) is 0 Å². The first-order chi connectivity index (χ1) is 7.93. The standard InChI is InChI=1S/C15H10N.3ClH.Zr/c1-2-6-11-10(5-1)9-13-12-7-3-4-8-14(12)16-15(11)13;;;;/h1-6,8,16H,9H2;3*1H;/q-1;;;;+4/p-3. The maximum Gasteiger partial charge on any atom is 4.00 e. The van der Waals surface area contributed by atoms with Gasteiger partial charge < -0.3 is 42.2 Å². The second kappa shape index (κ2) is 7.66. The molecule has 1 aliphatic rings. The van der Waals surface area contributed by atoms with Crippen molar-refractivity contribution in [3.8, 4) is 11.3 Å². The van der Waals surface area contributed by atoms with Crippen LogP contribution < -0.4 is 37.2 Å². The van der Waals surface area contributed by atoms with Gasteiger partial charge in [-0.25, -0.2) is 0 Å². The Bertz CT molecular complexity index is 709. The molecule has 4 rings (SSSR count). The Morgan fingerprint density at radius 2 is 1.70 bits per heavy atom. The quantitative estimate of drug-likeness (QED) is 0.283. The van der Waals surface area contributed by atoms with Gasteiger partial charge in [0.25, 0.3) is 0 Å². The summed E-state index contributed by atoms with van der Waals surface area (Å²) in [6.07, 6.45) is 1.03. The molecule has 0 spiro atoms. The molecule has 0 saturated carbocycles. The largest absolute Gasteiger partial charge is 4.00 e. The fourth-order valence-electron chi connectivity index (χ4n) is 2.64. The Labute approximate surface area is 155 Å². The molecule has 1 nitrogen and oxygen atoms in total. The van der Waals surface area contributed by atoms with Crippen molar-refractivity contribution in [1.82, 2.24) is 4.98 Å². The third-order valence-corrected chi connectivity index (χ3v) is 3.37. The minimum atomic E-state index is 0. The summed E-state index contributed by atoms with van der Waals surface area (Å²) in [6, 6.07) is 18.1. The summed E-state index contributed by atoms with van der Waals surface area (Å²) in [5.41, 5.74) is 6.65. The molecule has 0 amide bonds. The van der Waals surface area contributed by atoms with Crippen molar-refractivity contribution >= 4 is 10.9 Å². The number of aromatic amines is 1. The van der Waals surface area contributed by atoms with Gasteiger partial charge in [0, 0.05) is 0 Å². The number of H-pyrrole nitrogens is 1. The first kappa shape index (κ1) is 19.7. The fraction of sp³-hybridized carbons (Fsp3) is 0.0667. The smallest absolute Gasteiger partial charge is 1.00 e. The summed E-state index contributed by atoms with van der Waals surface area (Å²) < 4.78 is 0. The van der Waals surface area contributed by atoms with Crippen LogP contribution in [0.2, 0.25) is 0 Å². The van der Waals surface area contributed by atoms with Crippen LogP contribution in [-0.2, 0) is 32.6 Å². The van der Waals surface area contributed by atoms with E-state index in [1.165, 1.54) is 33.3 Å². The Morgan fingerprint density at radius 1 is 0.950 bits per heavy atom. The molecular formula is C15H10Cl3NZr. The maximum absolute atomic E-state index is 3.50. The van der Waals surface area contributed by atoms with Gasteiger partial charge in [-0.05, 0) is 28.8 Å². The SMILES string of the molecule is [Cl-].[Cl-].[Cl-].[Zr+4].[c-]1cccc2[nH]c3c(c12)Cc1ccccc1-3. The second-order valence-electron chi connectivity index (χ2n) is 4.27. The van der Waals surface area contributed by atoms with Crippen LogP contribution in [0.3, 0.4) is 0 Å². The third kappa shape index (κ3) is 2.85. The molecule has 100 valence electrons. The van der Waals surface area contributed by atoms with Crippen LogP contribution in [0.15, 0.2) is 42.5 Å². The second-order valence-corrected chi connectivity index (χ2v) is 4.27.